The van der Waals surface area contributed by atoms with Crippen LogP contribution in [0.2, 0.25) is 5.02 Å². The van der Waals surface area contributed by atoms with Crippen molar-refractivity contribution >= 4 is 17.6 Å². The Labute approximate surface area is 258 Å². The minimum Gasteiger partial charge on any atom is -0.507 e. The highest BCUT2D eigenvalue weighted by Gasteiger charge is 2.21. The fourth-order valence-corrected chi connectivity index (χ4v) is 5.20. The molecule has 2 N–H and O–H groups in total. The lowest BCUT2D eigenvalue weighted by Crippen LogP contribution is -2.05. The van der Waals surface area contributed by atoms with Crippen LogP contribution < -0.4 is 14.2 Å². The van der Waals surface area contributed by atoms with Crippen LogP contribution in [0.5, 0.6) is 23.0 Å². The quantitative estimate of drug-likeness (QED) is 0.117. The van der Waals surface area contributed by atoms with Crippen molar-refractivity contribution in [3.8, 4) is 23.0 Å². The molecule has 43 heavy (non-hydrogen) atoms. The number of ether oxygens (including phenoxy) is 3. The molecule has 0 heterocycles. The number of phenols is 1. The van der Waals surface area contributed by atoms with Gasteiger partial charge in [0, 0.05) is 5.56 Å². The van der Waals surface area contributed by atoms with Crippen LogP contribution in [-0.4, -0.2) is 22.8 Å². The molecular formula is C36H39ClO6. The smallest absolute Gasteiger partial charge is 0.339 e. The second-order valence-corrected chi connectivity index (χ2v) is 10.8. The molecule has 0 bridgehead atoms. The number of halogens is 1. The highest BCUT2D eigenvalue weighted by atomic mass is 35.5. The maximum atomic E-state index is 11.5. The van der Waals surface area contributed by atoms with Crippen LogP contribution in [0.25, 0.3) is 0 Å². The molecular weight excluding hydrogens is 564 g/mol. The van der Waals surface area contributed by atoms with Gasteiger partial charge in [0.2, 0.25) is 0 Å². The number of benzene rings is 4. The number of hydrogen-bond acceptors (Lipinski definition) is 5. The Hall–Kier alpha value is -4.16. The average molecular weight is 603 g/mol. The van der Waals surface area contributed by atoms with Gasteiger partial charge >= 0.3 is 5.97 Å². The molecule has 226 valence electrons. The summed E-state index contributed by atoms with van der Waals surface area (Å²) in [6.45, 7) is 3.31. The highest BCUT2D eigenvalue weighted by molar-refractivity contribution is 6.32. The minimum absolute atomic E-state index is 0.205. The first-order valence-electron chi connectivity index (χ1n) is 14.8. The van der Waals surface area contributed by atoms with Gasteiger partial charge in [-0.05, 0) is 54.5 Å². The Morgan fingerprint density at radius 2 is 1.40 bits per heavy atom. The number of rotatable bonds is 17. The van der Waals surface area contributed by atoms with E-state index in [1.165, 1.54) is 6.07 Å². The maximum absolute atomic E-state index is 11.5. The minimum atomic E-state index is -1.22. The molecule has 0 aliphatic rings. The predicted molar refractivity (Wildman–Crippen MR) is 170 cm³/mol. The maximum Gasteiger partial charge on any atom is 0.339 e. The molecule has 0 fully saturated rings. The second-order valence-electron chi connectivity index (χ2n) is 10.4. The molecule has 7 heteroatoms. The van der Waals surface area contributed by atoms with Gasteiger partial charge in [0.25, 0.3) is 0 Å². The van der Waals surface area contributed by atoms with Gasteiger partial charge in [-0.25, -0.2) is 4.79 Å². The van der Waals surface area contributed by atoms with Crippen LogP contribution in [0.15, 0.2) is 84.9 Å². The Morgan fingerprint density at radius 1 is 0.744 bits per heavy atom. The summed E-state index contributed by atoms with van der Waals surface area (Å²) in [5, 5.41) is 20.0. The first-order chi connectivity index (χ1) is 21.0. The van der Waals surface area contributed by atoms with E-state index in [1.54, 1.807) is 0 Å². The van der Waals surface area contributed by atoms with Crippen molar-refractivity contribution < 1.29 is 29.2 Å². The average Bonchev–Trinajstić information content (AvgIpc) is 3.02. The second kappa shape index (κ2) is 16.5. The number of carboxylic acids is 1. The third-order valence-corrected chi connectivity index (χ3v) is 7.42. The number of aryl methyl sites for hydroxylation is 1. The molecule has 0 saturated heterocycles. The number of aromatic carboxylic acids is 1. The summed E-state index contributed by atoms with van der Waals surface area (Å²) in [5.74, 6) is 0.411. The fourth-order valence-electron chi connectivity index (χ4n) is 4.92. The fraction of sp³-hybridized carbons (Fsp3) is 0.306. The third-order valence-electron chi connectivity index (χ3n) is 7.14. The molecule has 0 radical (unpaired) electrons. The van der Waals surface area contributed by atoms with Gasteiger partial charge in [-0.15, -0.1) is 0 Å². The zero-order chi connectivity index (χ0) is 30.4. The lowest BCUT2D eigenvalue weighted by molar-refractivity contribution is 0.0693. The van der Waals surface area contributed by atoms with E-state index in [0.29, 0.717) is 37.6 Å². The molecule has 0 atom stereocenters. The van der Waals surface area contributed by atoms with Gasteiger partial charge in [-0.1, -0.05) is 111 Å². The zero-order valence-corrected chi connectivity index (χ0v) is 25.3. The van der Waals surface area contributed by atoms with E-state index in [9.17, 15) is 15.0 Å². The van der Waals surface area contributed by atoms with Gasteiger partial charge in [0.15, 0.2) is 11.5 Å². The van der Waals surface area contributed by atoms with Gasteiger partial charge in [-0.2, -0.15) is 0 Å². The number of carboxylic acid groups (broad SMARTS) is 1. The summed E-state index contributed by atoms with van der Waals surface area (Å²) in [5.41, 5.74) is 3.55. The lowest BCUT2D eigenvalue weighted by atomic mass is 10.0. The standard InChI is InChI=1S/C36H39ClO6/c1-2-14-29-33(38)30(36(39)40)23-31(37)35(29)41-22-12-4-3-11-19-28-20-13-21-32(42-24-26-15-7-5-8-16-26)34(28)43-25-27-17-9-6-10-18-27/h5-10,13,15-18,20-21,23,38H,2-4,11-12,14,19,22,24-25H2,1H3,(H,39,40). The van der Waals surface area contributed by atoms with Crippen LogP contribution in [-0.2, 0) is 26.1 Å². The Balaban J connectivity index is 1.32. The summed E-state index contributed by atoms with van der Waals surface area (Å²) in [6, 6.07) is 27.5. The molecule has 4 aromatic carbocycles. The molecule has 0 aliphatic heterocycles. The molecule has 0 aromatic heterocycles. The largest absolute Gasteiger partial charge is 0.507 e. The van der Waals surface area contributed by atoms with Crippen LogP contribution in [0.4, 0.5) is 0 Å². The Morgan fingerprint density at radius 3 is 2.05 bits per heavy atom. The Bertz CT molecular complexity index is 1460. The molecule has 4 aromatic rings. The highest BCUT2D eigenvalue weighted by Crippen LogP contribution is 2.39. The van der Waals surface area contributed by atoms with Crippen molar-refractivity contribution in [2.75, 3.05) is 6.61 Å². The number of hydrogen-bond donors (Lipinski definition) is 2. The third kappa shape index (κ3) is 9.16. The number of aromatic hydroxyl groups is 1. The van der Waals surface area contributed by atoms with E-state index in [4.69, 9.17) is 25.8 Å². The molecule has 0 spiro atoms. The molecule has 4 rings (SSSR count). The lowest BCUT2D eigenvalue weighted by Gasteiger charge is -2.17. The Kier molecular flexibility index (Phi) is 12.2. The van der Waals surface area contributed by atoms with Crippen molar-refractivity contribution in [2.45, 2.75) is 65.1 Å². The zero-order valence-electron chi connectivity index (χ0n) is 24.6. The molecule has 0 unspecified atom stereocenters. The number of para-hydroxylation sites is 1. The van der Waals surface area contributed by atoms with Crippen LogP contribution in [0.3, 0.4) is 0 Å². The van der Waals surface area contributed by atoms with Crippen molar-refractivity contribution in [1.82, 2.24) is 0 Å². The summed E-state index contributed by atoms with van der Waals surface area (Å²) in [6.07, 6.45) is 5.77. The summed E-state index contributed by atoms with van der Waals surface area (Å²) in [4.78, 5) is 11.5. The molecule has 6 nitrogen and oxygen atoms in total. The van der Waals surface area contributed by atoms with Crippen molar-refractivity contribution in [3.05, 3.63) is 118 Å². The van der Waals surface area contributed by atoms with Gasteiger partial charge in [0.1, 0.15) is 30.3 Å². The monoisotopic (exact) mass is 602 g/mol. The topological polar surface area (TPSA) is 85.2 Å². The van der Waals surface area contributed by atoms with Crippen molar-refractivity contribution in [3.63, 3.8) is 0 Å². The SMILES string of the molecule is CCCc1c(O)c(C(=O)O)cc(Cl)c1OCCCCCCc1cccc(OCc2ccccc2)c1OCc1ccccc1. The van der Waals surface area contributed by atoms with E-state index < -0.39 is 5.97 Å². The van der Waals surface area contributed by atoms with Crippen LogP contribution in [0, 0.1) is 0 Å². The van der Waals surface area contributed by atoms with Gasteiger partial charge < -0.3 is 24.4 Å². The van der Waals surface area contributed by atoms with Gasteiger partial charge in [-0.3, -0.25) is 0 Å². The van der Waals surface area contributed by atoms with E-state index in [-0.39, 0.29) is 16.3 Å². The predicted octanol–water partition coefficient (Wildman–Crippen LogP) is 9.04. The summed E-state index contributed by atoms with van der Waals surface area (Å²) >= 11 is 6.34. The van der Waals surface area contributed by atoms with E-state index in [0.717, 1.165) is 66.7 Å². The van der Waals surface area contributed by atoms with Gasteiger partial charge in [0.05, 0.1) is 11.6 Å². The van der Waals surface area contributed by atoms with E-state index >= 15 is 0 Å². The number of carbonyl (C=O) groups is 1. The van der Waals surface area contributed by atoms with Crippen molar-refractivity contribution in [1.29, 1.82) is 0 Å². The van der Waals surface area contributed by atoms with Crippen LogP contribution >= 0.6 is 11.6 Å². The van der Waals surface area contributed by atoms with E-state index in [1.807, 2.05) is 67.6 Å². The molecule has 0 amide bonds. The van der Waals surface area contributed by atoms with Crippen molar-refractivity contribution in [2.24, 2.45) is 0 Å². The normalized spacial score (nSPS) is 10.8. The summed E-state index contributed by atoms with van der Waals surface area (Å²) in [7, 11) is 0. The first kappa shape index (κ1) is 31.8. The number of unbranched alkanes of at least 4 members (excludes halogenated alkanes) is 3. The first-order valence-corrected chi connectivity index (χ1v) is 15.2. The van der Waals surface area contributed by atoms with Crippen LogP contribution in [0.1, 0.15) is 71.6 Å². The molecule has 0 saturated carbocycles. The summed E-state index contributed by atoms with van der Waals surface area (Å²) < 4.78 is 18.5. The molecule has 0 aliphatic carbocycles. The van der Waals surface area contributed by atoms with E-state index in [2.05, 4.69) is 18.2 Å².